The molecule has 0 aliphatic carbocycles. The Labute approximate surface area is 330 Å². The average Bonchev–Trinajstić information content (AvgIpc) is 3.29. The van der Waals surface area contributed by atoms with E-state index >= 15 is 0 Å². The van der Waals surface area contributed by atoms with Crippen molar-refractivity contribution < 1.29 is 0 Å². The van der Waals surface area contributed by atoms with Crippen LogP contribution < -0.4 is 4.90 Å². The summed E-state index contributed by atoms with van der Waals surface area (Å²) in [5, 5.41) is 9.73. The van der Waals surface area contributed by atoms with Gasteiger partial charge in [0.05, 0.1) is 11.0 Å². The number of nitrogens with zero attached hydrogens (tertiary/aromatic N) is 3. The van der Waals surface area contributed by atoms with Crippen LogP contribution in [0.1, 0.15) is 0 Å². The number of rotatable bonds is 6. The number of hydrogen-bond acceptors (Lipinski definition) is 3. The van der Waals surface area contributed by atoms with Gasteiger partial charge in [-0.05, 0) is 138 Å². The van der Waals surface area contributed by atoms with Gasteiger partial charge in [0.25, 0.3) is 0 Å². The molecule has 0 unspecified atom stereocenters. The van der Waals surface area contributed by atoms with Crippen molar-refractivity contribution in [2.75, 3.05) is 4.90 Å². The van der Waals surface area contributed by atoms with Gasteiger partial charge in [0, 0.05) is 40.2 Å². The zero-order chi connectivity index (χ0) is 37.7. The number of para-hydroxylation sites is 2. The minimum Gasteiger partial charge on any atom is -0.310 e. The summed E-state index contributed by atoms with van der Waals surface area (Å²) in [5.41, 5.74) is 12.4. The highest BCUT2D eigenvalue weighted by Gasteiger charge is 2.16. The molecule has 3 nitrogen and oxygen atoms in total. The van der Waals surface area contributed by atoms with E-state index in [4.69, 9.17) is 0 Å². The van der Waals surface area contributed by atoms with Crippen molar-refractivity contribution >= 4 is 71.2 Å². The summed E-state index contributed by atoms with van der Waals surface area (Å²) in [6.07, 6.45) is 3.79. The van der Waals surface area contributed by atoms with Crippen LogP contribution in [0.3, 0.4) is 0 Å². The lowest BCUT2D eigenvalue weighted by atomic mass is 9.96. The fraction of sp³-hybridized carbons (Fsp3) is 0. The molecule has 0 aliphatic rings. The van der Waals surface area contributed by atoms with Crippen molar-refractivity contribution in [1.29, 1.82) is 0 Å². The van der Waals surface area contributed by atoms with Crippen LogP contribution >= 0.6 is 0 Å². The van der Waals surface area contributed by atoms with Crippen LogP contribution in [0.25, 0.3) is 87.5 Å². The molecule has 9 aromatic carbocycles. The molecule has 0 bridgehead atoms. The second-order valence-electron chi connectivity index (χ2n) is 14.6. The molecule has 2 heterocycles. The van der Waals surface area contributed by atoms with E-state index in [0.717, 1.165) is 50.0 Å². The standard InChI is InChI=1S/C54H35N3/c1-2-8-39-33-40(14-13-36(39)7-1)41-21-27-47-42(34-41)15-16-43-35-46(26-28-48(43)47)57(44-22-17-37(18-23-44)49-29-31-55-53-11-5-3-9-51(49)53)45-24-19-38(20-25-45)50-30-32-56-54-12-6-4-10-52(50)54/h1-35H. The molecular weight excluding hydrogens is 691 g/mol. The van der Waals surface area contributed by atoms with E-state index in [-0.39, 0.29) is 0 Å². The smallest absolute Gasteiger partial charge is 0.0708 e. The number of hydrogen-bond donors (Lipinski definition) is 0. The third-order valence-corrected chi connectivity index (χ3v) is 11.3. The molecule has 0 fully saturated rings. The number of benzene rings is 9. The van der Waals surface area contributed by atoms with Gasteiger partial charge in [-0.1, -0.05) is 127 Å². The number of aromatic nitrogens is 2. The van der Waals surface area contributed by atoms with E-state index in [1.54, 1.807) is 0 Å². The second kappa shape index (κ2) is 13.6. The minimum absolute atomic E-state index is 0.997. The SMILES string of the molecule is c1ccc2cc(-c3ccc4c(ccc5cc(N(c6ccc(-c7ccnc8ccccc78)cc6)c6ccc(-c7ccnc8ccccc78)cc6)ccc54)c3)ccc2c1. The van der Waals surface area contributed by atoms with Gasteiger partial charge >= 0.3 is 0 Å². The van der Waals surface area contributed by atoms with Crippen molar-refractivity contribution in [3.8, 4) is 33.4 Å². The van der Waals surface area contributed by atoms with Gasteiger partial charge in [0.2, 0.25) is 0 Å². The van der Waals surface area contributed by atoms with Crippen molar-refractivity contribution in [1.82, 2.24) is 9.97 Å². The van der Waals surface area contributed by atoms with Gasteiger partial charge < -0.3 is 4.90 Å². The van der Waals surface area contributed by atoms with E-state index < -0.39 is 0 Å². The number of fused-ring (bicyclic) bond motifs is 6. The first-order valence-electron chi connectivity index (χ1n) is 19.4. The monoisotopic (exact) mass is 725 g/mol. The minimum atomic E-state index is 0.997. The highest BCUT2D eigenvalue weighted by Crippen LogP contribution is 2.40. The molecule has 0 atom stereocenters. The maximum Gasteiger partial charge on any atom is 0.0708 e. The fourth-order valence-corrected chi connectivity index (χ4v) is 8.47. The average molecular weight is 726 g/mol. The maximum absolute atomic E-state index is 4.60. The molecule has 57 heavy (non-hydrogen) atoms. The first-order valence-corrected chi connectivity index (χ1v) is 19.4. The summed E-state index contributed by atoms with van der Waals surface area (Å²) in [7, 11) is 0. The van der Waals surface area contributed by atoms with Crippen LogP contribution in [-0.4, -0.2) is 9.97 Å². The first-order chi connectivity index (χ1) is 28.2. The third-order valence-electron chi connectivity index (χ3n) is 11.3. The highest BCUT2D eigenvalue weighted by molar-refractivity contribution is 6.10. The van der Waals surface area contributed by atoms with Crippen molar-refractivity contribution in [2.24, 2.45) is 0 Å². The summed E-state index contributed by atoms with van der Waals surface area (Å²) in [6.45, 7) is 0. The molecule has 0 saturated carbocycles. The van der Waals surface area contributed by atoms with Crippen LogP contribution in [0, 0.1) is 0 Å². The fourth-order valence-electron chi connectivity index (χ4n) is 8.47. The predicted molar refractivity (Wildman–Crippen MR) is 241 cm³/mol. The van der Waals surface area contributed by atoms with Gasteiger partial charge in [-0.15, -0.1) is 0 Å². The van der Waals surface area contributed by atoms with Crippen molar-refractivity contribution in [3.63, 3.8) is 0 Å². The largest absolute Gasteiger partial charge is 0.310 e. The van der Waals surface area contributed by atoms with Gasteiger partial charge in [-0.3, -0.25) is 9.97 Å². The summed E-state index contributed by atoms with van der Waals surface area (Å²) < 4.78 is 0. The topological polar surface area (TPSA) is 29.0 Å². The molecule has 0 aliphatic heterocycles. The van der Waals surface area contributed by atoms with E-state index in [2.05, 4.69) is 203 Å². The first kappa shape index (κ1) is 32.8. The molecule has 0 radical (unpaired) electrons. The molecule has 3 heteroatoms. The maximum atomic E-state index is 4.60. The molecule has 266 valence electrons. The number of anilines is 3. The molecule has 0 N–H and O–H groups in total. The lowest BCUT2D eigenvalue weighted by Gasteiger charge is -2.26. The molecule has 0 spiro atoms. The zero-order valence-corrected chi connectivity index (χ0v) is 31.0. The molecule has 0 amide bonds. The Morgan fingerprint density at radius 3 is 1.33 bits per heavy atom. The third kappa shape index (κ3) is 5.85. The molecule has 0 saturated heterocycles. The van der Waals surface area contributed by atoms with Crippen LogP contribution in [0.15, 0.2) is 213 Å². The van der Waals surface area contributed by atoms with Crippen LogP contribution in [0.2, 0.25) is 0 Å². The van der Waals surface area contributed by atoms with Gasteiger partial charge in [-0.2, -0.15) is 0 Å². The van der Waals surface area contributed by atoms with Crippen molar-refractivity contribution in [3.05, 3.63) is 213 Å². The molecule has 11 rings (SSSR count). The quantitative estimate of drug-likeness (QED) is 0.160. The Kier molecular flexibility index (Phi) is 7.82. The van der Waals surface area contributed by atoms with E-state index in [1.807, 2.05) is 24.5 Å². The Morgan fingerprint density at radius 1 is 0.281 bits per heavy atom. The molecular formula is C54H35N3. The Hall–Kier alpha value is -7.62. The highest BCUT2D eigenvalue weighted by atomic mass is 15.1. The predicted octanol–water partition coefficient (Wildman–Crippen LogP) is 14.7. The van der Waals surface area contributed by atoms with Crippen molar-refractivity contribution in [2.45, 2.75) is 0 Å². The zero-order valence-electron chi connectivity index (χ0n) is 31.0. The summed E-state index contributed by atoms with van der Waals surface area (Å²) in [5.74, 6) is 0. The Morgan fingerprint density at radius 2 is 0.719 bits per heavy atom. The van der Waals surface area contributed by atoms with Gasteiger partial charge in [0.15, 0.2) is 0 Å². The lowest BCUT2D eigenvalue weighted by molar-refractivity contribution is 1.29. The van der Waals surface area contributed by atoms with Crippen LogP contribution in [0.4, 0.5) is 17.1 Å². The Balaban J connectivity index is 1.00. The van der Waals surface area contributed by atoms with Crippen LogP contribution in [0.5, 0.6) is 0 Å². The lowest BCUT2D eigenvalue weighted by Crippen LogP contribution is -2.10. The number of pyridine rings is 2. The van der Waals surface area contributed by atoms with E-state index in [1.165, 1.54) is 54.6 Å². The molecule has 11 aromatic rings. The summed E-state index contributed by atoms with van der Waals surface area (Å²) in [6, 6.07) is 72.2. The van der Waals surface area contributed by atoms with Crippen LogP contribution in [-0.2, 0) is 0 Å². The second-order valence-corrected chi connectivity index (χ2v) is 14.6. The normalized spacial score (nSPS) is 11.5. The van der Waals surface area contributed by atoms with E-state index in [0.29, 0.717) is 0 Å². The van der Waals surface area contributed by atoms with E-state index in [9.17, 15) is 0 Å². The molecule has 2 aromatic heterocycles. The Bertz CT molecular complexity index is 3160. The van der Waals surface area contributed by atoms with Gasteiger partial charge in [0.1, 0.15) is 0 Å². The summed E-state index contributed by atoms with van der Waals surface area (Å²) in [4.78, 5) is 11.6. The summed E-state index contributed by atoms with van der Waals surface area (Å²) >= 11 is 0. The van der Waals surface area contributed by atoms with Gasteiger partial charge in [-0.25, -0.2) is 0 Å².